The average molecular weight is 223 g/mol. The zero-order chi connectivity index (χ0) is 11.8. The quantitative estimate of drug-likeness (QED) is 0.721. The van der Waals surface area contributed by atoms with E-state index in [9.17, 15) is 0 Å². The number of unbranched alkanes of at least 4 members (excludes halogenated alkanes) is 2. The van der Waals surface area contributed by atoms with Crippen LogP contribution in [0, 0.1) is 0 Å². The summed E-state index contributed by atoms with van der Waals surface area (Å²) < 4.78 is 5.22. The van der Waals surface area contributed by atoms with E-state index in [4.69, 9.17) is 4.74 Å². The Hall–Kier alpha value is -1.16. The van der Waals surface area contributed by atoms with Crippen LogP contribution in [0.15, 0.2) is 12.4 Å². The molecular formula is C12H21N3O. The lowest BCUT2D eigenvalue weighted by Gasteiger charge is -2.16. The first-order valence-electron chi connectivity index (χ1n) is 5.85. The fourth-order valence-electron chi connectivity index (χ4n) is 1.75. The van der Waals surface area contributed by atoms with Crippen LogP contribution in [0.1, 0.15) is 44.3 Å². The summed E-state index contributed by atoms with van der Waals surface area (Å²) in [6.45, 7) is 2.21. The molecule has 1 rings (SSSR count). The van der Waals surface area contributed by atoms with Crippen molar-refractivity contribution < 1.29 is 4.74 Å². The highest BCUT2D eigenvalue weighted by Crippen LogP contribution is 2.23. The summed E-state index contributed by atoms with van der Waals surface area (Å²) in [6, 6.07) is 0.232. The predicted molar refractivity (Wildman–Crippen MR) is 64.5 cm³/mol. The van der Waals surface area contributed by atoms with Crippen molar-refractivity contribution >= 4 is 0 Å². The summed E-state index contributed by atoms with van der Waals surface area (Å²) in [4.78, 5) is 8.52. The molecule has 0 aliphatic heterocycles. The van der Waals surface area contributed by atoms with E-state index in [2.05, 4.69) is 22.2 Å². The molecule has 0 saturated carbocycles. The number of hydrogen-bond donors (Lipinski definition) is 1. The van der Waals surface area contributed by atoms with Gasteiger partial charge in [0.2, 0.25) is 5.88 Å². The zero-order valence-electron chi connectivity index (χ0n) is 10.4. The van der Waals surface area contributed by atoms with E-state index in [1.807, 2.05) is 7.05 Å². The molecule has 0 aromatic carbocycles. The Morgan fingerprint density at radius 3 is 2.69 bits per heavy atom. The maximum atomic E-state index is 5.22. The highest BCUT2D eigenvalue weighted by atomic mass is 16.5. The van der Waals surface area contributed by atoms with Gasteiger partial charge >= 0.3 is 0 Å². The number of aromatic nitrogens is 2. The van der Waals surface area contributed by atoms with Crippen molar-refractivity contribution in [1.29, 1.82) is 0 Å². The second-order valence-electron chi connectivity index (χ2n) is 3.79. The van der Waals surface area contributed by atoms with Gasteiger partial charge in [-0.15, -0.1) is 0 Å². The van der Waals surface area contributed by atoms with Gasteiger partial charge in [-0.2, -0.15) is 0 Å². The molecule has 0 spiro atoms. The normalized spacial score (nSPS) is 12.4. The van der Waals surface area contributed by atoms with Gasteiger partial charge in [-0.3, -0.25) is 4.98 Å². The summed E-state index contributed by atoms with van der Waals surface area (Å²) in [5.41, 5.74) is 0.906. The summed E-state index contributed by atoms with van der Waals surface area (Å²) in [5.74, 6) is 0.623. The van der Waals surface area contributed by atoms with Gasteiger partial charge in [-0.25, -0.2) is 4.98 Å². The second kappa shape index (κ2) is 7.17. The molecular weight excluding hydrogens is 202 g/mol. The lowest BCUT2D eigenvalue weighted by atomic mass is 10.1. The Kier molecular flexibility index (Phi) is 5.78. The van der Waals surface area contributed by atoms with E-state index < -0.39 is 0 Å². The summed E-state index contributed by atoms with van der Waals surface area (Å²) in [6.07, 6.45) is 8.11. The maximum Gasteiger partial charge on any atom is 0.236 e. The molecule has 1 heterocycles. The standard InChI is InChI=1S/C12H21N3O/c1-4-5-6-7-10(13-2)11-12(16-3)15-9-8-14-11/h8-10,13H,4-7H2,1-3H3. The fourth-order valence-corrected chi connectivity index (χ4v) is 1.75. The molecule has 16 heavy (non-hydrogen) atoms. The van der Waals surface area contributed by atoms with Crippen molar-refractivity contribution in [3.63, 3.8) is 0 Å². The average Bonchev–Trinajstić information content (AvgIpc) is 2.35. The van der Waals surface area contributed by atoms with E-state index in [1.54, 1.807) is 19.5 Å². The van der Waals surface area contributed by atoms with Crippen molar-refractivity contribution in [3.8, 4) is 5.88 Å². The Morgan fingerprint density at radius 2 is 2.06 bits per heavy atom. The number of rotatable bonds is 7. The first-order valence-corrected chi connectivity index (χ1v) is 5.85. The van der Waals surface area contributed by atoms with Gasteiger partial charge in [-0.05, 0) is 13.5 Å². The highest BCUT2D eigenvalue weighted by molar-refractivity contribution is 5.20. The number of nitrogens with zero attached hydrogens (tertiary/aromatic N) is 2. The molecule has 1 N–H and O–H groups in total. The van der Waals surface area contributed by atoms with Crippen LogP contribution in [0.5, 0.6) is 5.88 Å². The second-order valence-corrected chi connectivity index (χ2v) is 3.79. The topological polar surface area (TPSA) is 47.0 Å². The molecule has 4 nitrogen and oxygen atoms in total. The van der Waals surface area contributed by atoms with Gasteiger partial charge in [0.05, 0.1) is 13.2 Å². The summed E-state index contributed by atoms with van der Waals surface area (Å²) in [7, 11) is 3.58. The van der Waals surface area contributed by atoms with Crippen LogP contribution in [0.3, 0.4) is 0 Å². The maximum absolute atomic E-state index is 5.22. The monoisotopic (exact) mass is 223 g/mol. The van der Waals surface area contributed by atoms with Crippen molar-refractivity contribution in [2.45, 2.75) is 38.6 Å². The summed E-state index contributed by atoms with van der Waals surface area (Å²) >= 11 is 0. The smallest absolute Gasteiger partial charge is 0.236 e. The van der Waals surface area contributed by atoms with Crippen LogP contribution in [0.25, 0.3) is 0 Å². The molecule has 4 heteroatoms. The molecule has 1 unspecified atom stereocenters. The minimum atomic E-state index is 0.232. The lowest BCUT2D eigenvalue weighted by molar-refractivity contribution is 0.375. The minimum Gasteiger partial charge on any atom is -0.480 e. The predicted octanol–water partition coefficient (Wildman–Crippen LogP) is 2.33. The summed E-state index contributed by atoms with van der Waals surface area (Å²) in [5, 5.41) is 3.27. The van der Waals surface area contributed by atoms with Crippen LogP contribution in [0.2, 0.25) is 0 Å². The Bertz CT molecular complexity index is 304. The molecule has 0 aliphatic carbocycles. The molecule has 1 aromatic heterocycles. The Morgan fingerprint density at radius 1 is 1.31 bits per heavy atom. The van der Waals surface area contributed by atoms with Crippen LogP contribution in [-0.2, 0) is 0 Å². The minimum absolute atomic E-state index is 0.232. The Balaban J connectivity index is 2.69. The van der Waals surface area contributed by atoms with Gasteiger partial charge in [0.15, 0.2) is 0 Å². The third-order valence-corrected chi connectivity index (χ3v) is 2.66. The molecule has 0 saturated heterocycles. The van der Waals surface area contributed by atoms with Crippen LogP contribution in [0.4, 0.5) is 0 Å². The van der Waals surface area contributed by atoms with E-state index in [0.29, 0.717) is 5.88 Å². The Labute approximate surface area is 97.5 Å². The molecule has 0 aliphatic rings. The van der Waals surface area contributed by atoms with E-state index in [-0.39, 0.29) is 6.04 Å². The van der Waals surface area contributed by atoms with E-state index >= 15 is 0 Å². The van der Waals surface area contributed by atoms with Crippen LogP contribution >= 0.6 is 0 Å². The van der Waals surface area contributed by atoms with E-state index in [0.717, 1.165) is 12.1 Å². The first-order chi connectivity index (χ1) is 7.83. The van der Waals surface area contributed by atoms with Gasteiger partial charge < -0.3 is 10.1 Å². The van der Waals surface area contributed by atoms with Gasteiger partial charge in [-0.1, -0.05) is 26.2 Å². The van der Waals surface area contributed by atoms with E-state index in [1.165, 1.54) is 19.3 Å². The SMILES string of the molecule is CCCCCC(NC)c1nccnc1OC. The molecule has 90 valence electrons. The van der Waals surface area contributed by atoms with Gasteiger partial charge in [0, 0.05) is 12.4 Å². The van der Waals surface area contributed by atoms with Crippen LogP contribution in [-0.4, -0.2) is 24.1 Å². The third kappa shape index (κ3) is 3.45. The largest absolute Gasteiger partial charge is 0.480 e. The van der Waals surface area contributed by atoms with Gasteiger partial charge in [0.25, 0.3) is 0 Å². The molecule has 1 atom stereocenters. The number of nitrogens with one attached hydrogen (secondary N) is 1. The highest BCUT2D eigenvalue weighted by Gasteiger charge is 2.15. The van der Waals surface area contributed by atoms with Crippen molar-refractivity contribution in [3.05, 3.63) is 18.1 Å². The fraction of sp³-hybridized carbons (Fsp3) is 0.667. The number of hydrogen-bond acceptors (Lipinski definition) is 4. The molecule has 0 fully saturated rings. The van der Waals surface area contributed by atoms with Crippen molar-refractivity contribution in [1.82, 2.24) is 15.3 Å². The first kappa shape index (κ1) is 12.9. The molecule has 0 radical (unpaired) electrons. The van der Waals surface area contributed by atoms with Gasteiger partial charge in [0.1, 0.15) is 5.69 Å². The lowest BCUT2D eigenvalue weighted by Crippen LogP contribution is -2.18. The van der Waals surface area contributed by atoms with Crippen molar-refractivity contribution in [2.75, 3.05) is 14.2 Å². The molecule has 1 aromatic rings. The zero-order valence-corrected chi connectivity index (χ0v) is 10.4. The van der Waals surface area contributed by atoms with Crippen LogP contribution < -0.4 is 10.1 Å². The molecule has 0 bridgehead atoms. The number of ether oxygens (including phenoxy) is 1. The third-order valence-electron chi connectivity index (χ3n) is 2.66. The van der Waals surface area contributed by atoms with Crippen molar-refractivity contribution in [2.24, 2.45) is 0 Å². The number of methoxy groups -OCH3 is 1. The molecule has 0 amide bonds.